The molecule has 0 radical (unpaired) electrons. The third-order valence-corrected chi connectivity index (χ3v) is 6.22. The van der Waals surface area contributed by atoms with Gasteiger partial charge in [-0.1, -0.05) is 20.8 Å². The van der Waals surface area contributed by atoms with Gasteiger partial charge in [0.15, 0.2) is 0 Å². The highest BCUT2D eigenvalue weighted by atomic mass is 16.2. The average molecular weight is 278 g/mol. The maximum absolute atomic E-state index is 12.5. The molecule has 1 amide bonds. The lowest BCUT2D eigenvalue weighted by Crippen LogP contribution is -2.66. The number of rotatable bonds is 3. The Morgan fingerprint density at radius 3 is 2.10 bits per heavy atom. The van der Waals surface area contributed by atoms with E-state index in [1.54, 1.807) is 0 Å². The molecule has 114 valence electrons. The Kier molecular flexibility index (Phi) is 3.03. The molecule has 0 saturated heterocycles. The first-order chi connectivity index (χ1) is 9.14. The van der Waals surface area contributed by atoms with Crippen LogP contribution in [0.15, 0.2) is 0 Å². The second-order valence-corrected chi connectivity index (χ2v) is 9.05. The maximum atomic E-state index is 12.5. The lowest BCUT2D eigenvalue weighted by atomic mass is 9.42. The molecule has 3 N–H and O–H groups in total. The van der Waals surface area contributed by atoms with Gasteiger partial charge in [0.25, 0.3) is 0 Å². The predicted molar refractivity (Wildman–Crippen MR) is 81.1 cm³/mol. The molecular weight excluding hydrogens is 248 g/mol. The molecule has 4 atom stereocenters. The summed E-state index contributed by atoms with van der Waals surface area (Å²) in [4.78, 5) is 12.5. The zero-order chi connectivity index (χ0) is 14.8. The Hall–Kier alpha value is -0.570. The molecular formula is C17H30N2O. The van der Waals surface area contributed by atoms with E-state index in [2.05, 4.69) is 19.2 Å². The lowest BCUT2D eigenvalue weighted by Gasteiger charge is -2.65. The van der Waals surface area contributed by atoms with Gasteiger partial charge in [-0.2, -0.15) is 0 Å². The van der Waals surface area contributed by atoms with Gasteiger partial charge in [0.05, 0.1) is 0 Å². The molecule has 20 heavy (non-hydrogen) atoms. The summed E-state index contributed by atoms with van der Waals surface area (Å²) in [5.41, 5.74) is 6.84. The minimum atomic E-state index is -0.0939. The van der Waals surface area contributed by atoms with Crippen LogP contribution in [0.1, 0.15) is 66.2 Å². The fourth-order valence-corrected chi connectivity index (χ4v) is 6.20. The van der Waals surface area contributed by atoms with Gasteiger partial charge in [-0.25, -0.2) is 0 Å². The molecule has 4 saturated carbocycles. The van der Waals surface area contributed by atoms with Crippen LogP contribution >= 0.6 is 0 Å². The van der Waals surface area contributed by atoms with Crippen LogP contribution in [-0.4, -0.2) is 17.5 Å². The van der Waals surface area contributed by atoms with E-state index < -0.39 is 0 Å². The Morgan fingerprint density at radius 2 is 1.65 bits per heavy atom. The zero-order valence-electron chi connectivity index (χ0n) is 13.5. The van der Waals surface area contributed by atoms with Gasteiger partial charge in [-0.3, -0.25) is 4.79 Å². The molecule has 0 heterocycles. The van der Waals surface area contributed by atoms with Gasteiger partial charge in [0, 0.05) is 17.5 Å². The van der Waals surface area contributed by atoms with E-state index in [9.17, 15) is 4.79 Å². The standard InChI is InChI=1S/C17H30N2O/c1-11(12(2)18)14(20)19-17-7-13-5-15(3,9-17)8-16(4,6-13)10-17/h11-13H,5-10,18H2,1-4H3,(H,19,20). The first-order valence-corrected chi connectivity index (χ1v) is 8.22. The topological polar surface area (TPSA) is 55.1 Å². The largest absolute Gasteiger partial charge is 0.350 e. The minimum Gasteiger partial charge on any atom is -0.350 e. The number of nitrogens with two attached hydrogens (primary N) is 1. The smallest absolute Gasteiger partial charge is 0.224 e. The summed E-state index contributed by atoms with van der Waals surface area (Å²) >= 11 is 0. The normalized spacial score (nSPS) is 49.0. The van der Waals surface area contributed by atoms with Crippen molar-refractivity contribution in [2.75, 3.05) is 0 Å². The molecule has 0 aliphatic heterocycles. The highest BCUT2D eigenvalue weighted by Crippen LogP contribution is 2.66. The van der Waals surface area contributed by atoms with Gasteiger partial charge in [-0.15, -0.1) is 0 Å². The number of hydrogen-bond donors (Lipinski definition) is 2. The predicted octanol–water partition coefficient (Wildman–Crippen LogP) is 2.83. The molecule has 3 heteroatoms. The van der Waals surface area contributed by atoms with Gasteiger partial charge < -0.3 is 11.1 Å². The molecule has 4 aliphatic carbocycles. The van der Waals surface area contributed by atoms with Crippen molar-refractivity contribution < 1.29 is 4.79 Å². The second-order valence-electron chi connectivity index (χ2n) is 9.05. The summed E-state index contributed by atoms with van der Waals surface area (Å²) in [5, 5.41) is 3.44. The molecule has 4 aliphatic rings. The third-order valence-electron chi connectivity index (χ3n) is 6.22. The molecule has 4 bridgehead atoms. The van der Waals surface area contributed by atoms with Crippen molar-refractivity contribution in [3.05, 3.63) is 0 Å². The summed E-state index contributed by atoms with van der Waals surface area (Å²) in [6, 6.07) is -0.0740. The van der Waals surface area contributed by atoms with Crippen molar-refractivity contribution in [3.63, 3.8) is 0 Å². The van der Waals surface area contributed by atoms with E-state index >= 15 is 0 Å². The molecule has 0 spiro atoms. The Bertz CT molecular complexity index is 413. The van der Waals surface area contributed by atoms with Crippen molar-refractivity contribution in [2.45, 2.75) is 77.8 Å². The minimum absolute atomic E-state index is 0.0587. The average Bonchev–Trinajstić information content (AvgIpc) is 2.21. The van der Waals surface area contributed by atoms with Crippen LogP contribution in [0.3, 0.4) is 0 Å². The number of carbonyl (C=O) groups excluding carboxylic acids is 1. The van der Waals surface area contributed by atoms with Crippen molar-refractivity contribution in [2.24, 2.45) is 28.4 Å². The van der Waals surface area contributed by atoms with Crippen molar-refractivity contribution in [1.29, 1.82) is 0 Å². The summed E-state index contributed by atoms with van der Waals surface area (Å²) in [6.07, 6.45) is 7.60. The van der Waals surface area contributed by atoms with Crippen LogP contribution < -0.4 is 11.1 Å². The zero-order valence-corrected chi connectivity index (χ0v) is 13.5. The summed E-state index contributed by atoms with van der Waals surface area (Å²) in [5.74, 6) is 0.880. The van der Waals surface area contributed by atoms with E-state index in [4.69, 9.17) is 5.73 Å². The van der Waals surface area contributed by atoms with Crippen LogP contribution in [0.25, 0.3) is 0 Å². The van der Waals surface area contributed by atoms with Gasteiger partial charge in [-0.05, 0) is 62.2 Å². The SMILES string of the molecule is CC(N)C(C)C(=O)NC12CC3CC(C)(CC(C)(C3)C1)C2. The quantitative estimate of drug-likeness (QED) is 0.834. The second kappa shape index (κ2) is 4.22. The number of nitrogens with one attached hydrogen (secondary N) is 1. The van der Waals surface area contributed by atoms with Gasteiger partial charge in [0.1, 0.15) is 0 Å². The lowest BCUT2D eigenvalue weighted by molar-refractivity contribution is -0.142. The van der Waals surface area contributed by atoms with Crippen molar-refractivity contribution in [1.82, 2.24) is 5.32 Å². The van der Waals surface area contributed by atoms with E-state index in [0.717, 1.165) is 5.92 Å². The summed E-state index contributed by atoms with van der Waals surface area (Å²) < 4.78 is 0. The molecule has 4 fully saturated rings. The molecule has 4 unspecified atom stereocenters. The maximum Gasteiger partial charge on any atom is 0.224 e. The summed E-state index contributed by atoms with van der Waals surface area (Å²) in [6.45, 7) is 8.74. The van der Waals surface area contributed by atoms with Crippen molar-refractivity contribution >= 4 is 5.91 Å². The van der Waals surface area contributed by atoms with Crippen LogP contribution in [0.4, 0.5) is 0 Å². The van der Waals surface area contributed by atoms with E-state index in [0.29, 0.717) is 10.8 Å². The molecule has 0 aromatic heterocycles. The first-order valence-electron chi connectivity index (χ1n) is 8.22. The molecule has 0 aromatic rings. The van der Waals surface area contributed by atoms with Gasteiger partial charge >= 0.3 is 0 Å². The van der Waals surface area contributed by atoms with Crippen LogP contribution in [-0.2, 0) is 4.79 Å². The molecule has 3 nitrogen and oxygen atoms in total. The van der Waals surface area contributed by atoms with Crippen LogP contribution in [0.2, 0.25) is 0 Å². The number of carbonyl (C=O) groups is 1. The third kappa shape index (κ3) is 2.28. The fourth-order valence-electron chi connectivity index (χ4n) is 6.20. The fraction of sp³-hybridized carbons (Fsp3) is 0.941. The first kappa shape index (κ1) is 14.4. The monoisotopic (exact) mass is 278 g/mol. The van der Waals surface area contributed by atoms with E-state index in [1.165, 1.54) is 38.5 Å². The molecule has 0 aromatic carbocycles. The van der Waals surface area contributed by atoms with Gasteiger partial charge in [0.2, 0.25) is 5.91 Å². The highest BCUT2D eigenvalue weighted by Gasteiger charge is 2.60. The van der Waals surface area contributed by atoms with E-state index in [-0.39, 0.29) is 23.4 Å². The number of hydrogen-bond acceptors (Lipinski definition) is 2. The Morgan fingerprint density at radius 1 is 1.10 bits per heavy atom. The molecule has 4 rings (SSSR count). The Balaban J connectivity index is 1.81. The summed E-state index contributed by atoms with van der Waals surface area (Å²) in [7, 11) is 0. The van der Waals surface area contributed by atoms with Crippen LogP contribution in [0.5, 0.6) is 0 Å². The number of amides is 1. The van der Waals surface area contributed by atoms with Crippen molar-refractivity contribution in [3.8, 4) is 0 Å². The Labute approximate surface area is 123 Å². The highest BCUT2D eigenvalue weighted by molar-refractivity contribution is 5.79. The van der Waals surface area contributed by atoms with E-state index in [1.807, 2.05) is 13.8 Å². The van der Waals surface area contributed by atoms with Crippen LogP contribution in [0, 0.1) is 22.7 Å².